The van der Waals surface area contributed by atoms with Crippen molar-refractivity contribution in [3.63, 3.8) is 0 Å². The summed E-state index contributed by atoms with van der Waals surface area (Å²) < 4.78 is 27.3. The van der Waals surface area contributed by atoms with Gasteiger partial charge in [-0.15, -0.1) is 0 Å². The van der Waals surface area contributed by atoms with E-state index in [-0.39, 0.29) is 24.5 Å². The number of halogens is 2. The molecule has 1 N–H and O–H groups in total. The van der Waals surface area contributed by atoms with Gasteiger partial charge in [-0.05, 0) is 48.9 Å². The molecule has 0 fully saturated rings. The van der Waals surface area contributed by atoms with Gasteiger partial charge in [0.05, 0.1) is 0 Å². The zero-order valence-electron chi connectivity index (χ0n) is 11.4. The van der Waals surface area contributed by atoms with E-state index in [1.165, 1.54) is 18.2 Å². The first-order valence-electron chi connectivity index (χ1n) is 6.70. The van der Waals surface area contributed by atoms with Crippen molar-refractivity contribution in [1.82, 2.24) is 0 Å². The molecule has 0 aliphatic rings. The number of hydrogen-bond acceptors (Lipinski definition) is 1. The second-order valence-corrected chi connectivity index (χ2v) is 5.08. The Bertz CT molecular complexity index is 561. The standard InChI is InChI=1S/C17H18F2O/c1-12-5-2-3-6-14(12)9-13(11-20)10-15-16(18)7-4-8-17(15)19/h2-8,13,20H,9-11H2,1H3. The summed E-state index contributed by atoms with van der Waals surface area (Å²) in [6.07, 6.45) is 0.806. The van der Waals surface area contributed by atoms with Crippen LogP contribution in [0.5, 0.6) is 0 Å². The Morgan fingerprint density at radius 2 is 1.60 bits per heavy atom. The summed E-state index contributed by atoms with van der Waals surface area (Å²) in [6, 6.07) is 11.7. The van der Waals surface area contributed by atoms with Gasteiger partial charge in [-0.2, -0.15) is 0 Å². The second kappa shape index (κ2) is 6.62. The van der Waals surface area contributed by atoms with Crippen molar-refractivity contribution >= 4 is 0 Å². The monoisotopic (exact) mass is 276 g/mol. The molecule has 2 aromatic carbocycles. The molecule has 2 rings (SSSR count). The zero-order chi connectivity index (χ0) is 14.5. The summed E-state index contributed by atoms with van der Waals surface area (Å²) in [5.74, 6) is -1.29. The van der Waals surface area contributed by atoms with Gasteiger partial charge in [0.25, 0.3) is 0 Å². The number of aliphatic hydroxyl groups is 1. The van der Waals surface area contributed by atoms with E-state index in [0.717, 1.165) is 11.1 Å². The molecule has 20 heavy (non-hydrogen) atoms. The molecule has 1 atom stereocenters. The summed E-state index contributed by atoms with van der Waals surface area (Å²) in [5, 5.41) is 9.48. The SMILES string of the molecule is Cc1ccccc1CC(CO)Cc1c(F)cccc1F. The van der Waals surface area contributed by atoms with Crippen LogP contribution in [-0.2, 0) is 12.8 Å². The molecule has 106 valence electrons. The molecular weight excluding hydrogens is 258 g/mol. The molecule has 0 aromatic heterocycles. The highest BCUT2D eigenvalue weighted by molar-refractivity contribution is 5.27. The Kier molecular flexibility index (Phi) is 4.85. The van der Waals surface area contributed by atoms with Gasteiger partial charge in [-0.25, -0.2) is 8.78 Å². The van der Waals surface area contributed by atoms with Crippen molar-refractivity contribution in [3.05, 3.63) is 70.8 Å². The molecule has 0 saturated carbocycles. The normalized spacial score (nSPS) is 12.4. The Morgan fingerprint density at radius 3 is 2.20 bits per heavy atom. The highest BCUT2D eigenvalue weighted by Crippen LogP contribution is 2.20. The topological polar surface area (TPSA) is 20.2 Å². The minimum Gasteiger partial charge on any atom is -0.396 e. The van der Waals surface area contributed by atoms with Crippen LogP contribution in [0, 0.1) is 24.5 Å². The van der Waals surface area contributed by atoms with Crippen LogP contribution in [0.3, 0.4) is 0 Å². The fraction of sp³-hybridized carbons (Fsp3) is 0.294. The molecule has 3 heteroatoms. The minimum absolute atomic E-state index is 0.0557. The van der Waals surface area contributed by atoms with E-state index < -0.39 is 11.6 Å². The van der Waals surface area contributed by atoms with E-state index >= 15 is 0 Å². The van der Waals surface area contributed by atoms with Gasteiger partial charge in [0.1, 0.15) is 11.6 Å². The minimum atomic E-state index is -0.548. The van der Waals surface area contributed by atoms with Crippen LogP contribution in [-0.4, -0.2) is 11.7 Å². The molecule has 0 spiro atoms. The van der Waals surface area contributed by atoms with E-state index in [2.05, 4.69) is 0 Å². The summed E-state index contributed by atoms with van der Waals surface area (Å²) >= 11 is 0. The summed E-state index contributed by atoms with van der Waals surface area (Å²) in [7, 11) is 0. The van der Waals surface area contributed by atoms with E-state index in [9.17, 15) is 13.9 Å². The summed E-state index contributed by atoms with van der Waals surface area (Å²) in [6.45, 7) is 1.90. The van der Waals surface area contributed by atoms with Crippen LogP contribution >= 0.6 is 0 Å². The zero-order valence-corrected chi connectivity index (χ0v) is 11.4. The maximum absolute atomic E-state index is 13.6. The van der Waals surface area contributed by atoms with Crippen molar-refractivity contribution in [2.45, 2.75) is 19.8 Å². The smallest absolute Gasteiger partial charge is 0.129 e. The van der Waals surface area contributed by atoms with E-state index in [4.69, 9.17) is 0 Å². The van der Waals surface area contributed by atoms with Gasteiger partial charge in [-0.1, -0.05) is 30.3 Å². The van der Waals surface area contributed by atoms with Gasteiger partial charge >= 0.3 is 0 Å². The molecule has 0 bridgehead atoms. The average molecular weight is 276 g/mol. The molecule has 1 unspecified atom stereocenters. The van der Waals surface area contributed by atoms with Gasteiger partial charge < -0.3 is 5.11 Å². The lowest BCUT2D eigenvalue weighted by Gasteiger charge is -2.16. The number of rotatable bonds is 5. The molecule has 1 nitrogen and oxygen atoms in total. The van der Waals surface area contributed by atoms with Crippen LogP contribution in [0.4, 0.5) is 8.78 Å². The molecule has 0 radical (unpaired) electrons. The van der Waals surface area contributed by atoms with Crippen LogP contribution < -0.4 is 0 Å². The Morgan fingerprint density at radius 1 is 0.950 bits per heavy atom. The lowest BCUT2D eigenvalue weighted by atomic mass is 9.91. The second-order valence-electron chi connectivity index (χ2n) is 5.08. The van der Waals surface area contributed by atoms with Crippen molar-refractivity contribution in [2.75, 3.05) is 6.61 Å². The van der Waals surface area contributed by atoms with Gasteiger partial charge in [0.15, 0.2) is 0 Å². The van der Waals surface area contributed by atoms with Crippen LogP contribution in [0.2, 0.25) is 0 Å². The van der Waals surface area contributed by atoms with E-state index in [1.807, 2.05) is 31.2 Å². The Hall–Kier alpha value is -1.74. The van der Waals surface area contributed by atoms with E-state index in [1.54, 1.807) is 0 Å². The van der Waals surface area contributed by atoms with Crippen LogP contribution in [0.15, 0.2) is 42.5 Å². The summed E-state index contributed by atoms with van der Waals surface area (Å²) in [5.41, 5.74) is 2.28. The molecule has 0 saturated heterocycles. The quantitative estimate of drug-likeness (QED) is 0.883. The van der Waals surface area contributed by atoms with Gasteiger partial charge in [-0.3, -0.25) is 0 Å². The first-order valence-corrected chi connectivity index (χ1v) is 6.70. The molecule has 0 heterocycles. The maximum atomic E-state index is 13.6. The molecule has 2 aromatic rings. The number of aryl methyl sites for hydroxylation is 1. The molecule has 0 aliphatic carbocycles. The maximum Gasteiger partial charge on any atom is 0.129 e. The number of hydrogen-bond donors (Lipinski definition) is 1. The highest BCUT2D eigenvalue weighted by Gasteiger charge is 2.16. The predicted molar refractivity (Wildman–Crippen MR) is 75.5 cm³/mol. The van der Waals surface area contributed by atoms with Gasteiger partial charge in [0.2, 0.25) is 0 Å². The fourth-order valence-electron chi connectivity index (χ4n) is 2.37. The highest BCUT2D eigenvalue weighted by atomic mass is 19.1. The van der Waals surface area contributed by atoms with Crippen molar-refractivity contribution in [1.29, 1.82) is 0 Å². The van der Waals surface area contributed by atoms with Crippen molar-refractivity contribution in [2.24, 2.45) is 5.92 Å². The summed E-state index contributed by atoms with van der Waals surface area (Å²) in [4.78, 5) is 0. The molecule has 0 aliphatic heterocycles. The number of benzene rings is 2. The first-order chi connectivity index (χ1) is 9.61. The number of aliphatic hydroxyl groups excluding tert-OH is 1. The van der Waals surface area contributed by atoms with Crippen molar-refractivity contribution < 1.29 is 13.9 Å². The first kappa shape index (κ1) is 14.7. The largest absolute Gasteiger partial charge is 0.396 e. The predicted octanol–water partition coefficient (Wildman–Crippen LogP) is 3.67. The Labute approximate surface area is 117 Å². The van der Waals surface area contributed by atoms with Crippen molar-refractivity contribution in [3.8, 4) is 0 Å². The molecular formula is C17H18F2O. The van der Waals surface area contributed by atoms with E-state index in [0.29, 0.717) is 6.42 Å². The third-order valence-corrected chi connectivity index (χ3v) is 3.58. The lowest BCUT2D eigenvalue weighted by molar-refractivity contribution is 0.223. The third kappa shape index (κ3) is 3.42. The Balaban J connectivity index is 2.16. The van der Waals surface area contributed by atoms with Crippen LogP contribution in [0.25, 0.3) is 0 Å². The molecule has 0 amide bonds. The third-order valence-electron chi connectivity index (χ3n) is 3.58. The average Bonchev–Trinajstić information content (AvgIpc) is 2.44. The lowest BCUT2D eigenvalue weighted by Crippen LogP contribution is -2.15. The van der Waals surface area contributed by atoms with Gasteiger partial charge in [0, 0.05) is 12.2 Å². The van der Waals surface area contributed by atoms with Crippen LogP contribution in [0.1, 0.15) is 16.7 Å². The fourth-order valence-corrected chi connectivity index (χ4v) is 2.37.